The lowest BCUT2D eigenvalue weighted by Gasteiger charge is -2.31. The molecule has 0 saturated carbocycles. The summed E-state index contributed by atoms with van der Waals surface area (Å²) in [6.45, 7) is 3.93. The first-order chi connectivity index (χ1) is 11.9. The molecule has 1 heterocycles. The van der Waals surface area contributed by atoms with Crippen molar-refractivity contribution in [3.63, 3.8) is 0 Å². The number of carbonyl (C=O) groups excluding carboxylic acids is 1. The van der Waals surface area contributed by atoms with Crippen LogP contribution < -0.4 is 9.47 Å². The summed E-state index contributed by atoms with van der Waals surface area (Å²) >= 11 is 0. The Hall–Kier alpha value is -2.69. The Labute approximate surface area is 145 Å². The van der Waals surface area contributed by atoms with Gasteiger partial charge in [0.2, 0.25) is 0 Å². The van der Waals surface area contributed by atoms with E-state index in [0.29, 0.717) is 35.5 Å². The van der Waals surface area contributed by atoms with Crippen LogP contribution in [0.25, 0.3) is 0 Å². The summed E-state index contributed by atoms with van der Waals surface area (Å²) in [6, 6.07) is 8.54. The average Bonchev–Trinajstić information content (AvgIpc) is 2.54. The van der Waals surface area contributed by atoms with Crippen molar-refractivity contribution in [1.82, 2.24) is 0 Å². The van der Waals surface area contributed by atoms with Crippen LogP contribution >= 0.6 is 0 Å². The number of carbonyl (C=O) groups is 1. The second kappa shape index (κ2) is 5.69. The number of rotatable bonds is 1. The Morgan fingerprint density at radius 3 is 2.44 bits per heavy atom. The lowest BCUT2D eigenvalue weighted by atomic mass is 9.79. The first kappa shape index (κ1) is 15.8. The van der Waals surface area contributed by atoms with Crippen LogP contribution in [0.4, 0.5) is 0 Å². The SMILES string of the molecule is CC1Oc2ccc([C@@H]3CC(=O)c4c(O)cc(O)cc4C3)cc2OC1C. The minimum absolute atomic E-state index is 0.00700. The molecule has 3 atom stereocenters. The standard InChI is InChI=1S/C20H20O5/c1-10-11(2)25-19-8-12(3-4-18(19)24-10)13-5-14-6-15(21)9-17(23)20(14)16(22)7-13/h3-4,6,8-11,13,21,23H,5,7H2,1-2H3/t10?,11?,13-/m0/s1. The lowest BCUT2D eigenvalue weighted by molar-refractivity contribution is 0.0428. The molecule has 5 heteroatoms. The van der Waals surface area contributed by atoms with Crippen molar-refractivity contribution in [3.05, 3.63) is 47.0 Å². The van der Waals surface area contributed by atoms with Gasteiger partial charge in [-0.1, -0.05) is 6.07 Å². The third kappa shape index (κ3) is 2.69. The number of phenols is 2. The van der Waals surface area contributed by atoms with Gasteiger partial charge in [0.05, 0.1) is 5.56 Å². The fourth-order valence-electron chi connectivity index (χ4n) is 3.61. The third-order valence-corrected chi connectivity index (χ3v) is 5.09. The third-order valence-electron chi connectivity index (χ3n) is 5.09. The van der Waals surface area contributed by atoms with Crippen LogP contribution in [0.3, 0.4) is 0 Å². The zero-order valence-corrected chi connectivity index (χ0v) is 14.2. The predicted octanol–water partition coefficient (Wildman–Crippen LogP) is 3.56. The highest BCUT2D eigenvalue weighted by Crippen LogP contribution is 2.42. The molecular weight excluding hydrogens is 320 g/mol. The number of benzene rings is 2. The van der Waals surface area contributed by atoms with Gasteiger partial charge < -0.3 is 19.7 Å². The fraction of sp³-hybridized carbons (Fsp3) is 0.350. The van der Waals surface area contributed by atoms with Crippen LogP contribution in [-0.2, 0) is 6.42 Å². The summed E-state index contributed by atoms with van der Waals surface area (Å²) in [6.07, 6.45) is 0.851. The summed E-state index contributed by atoms with van der Waals surface area (Å²) in [5.74, 6) is 1.09. The molecule has 0 fully saturated rings. The summed E-state index contributed by atoms with van der Waals surface area (Å²) in [5.41, 5.74) is 2.00. The minimum atomic E-state index is -0.150. The molecule has 130 valence electrons. The summed E-state index contributed by atoms with van der Waals surface area (Å²) in [7, 11) is 0. The topological polar surface area (TPSA) is 76.0 Å². The summed E-state index contributed by atoms with van der Waals surface area (Å²) in [5, 5.41) is 19.7. The molecular formula is C20H20O5. The maximum absolute atomic E-state index is 12.5. The molecule has 1 aliphatic heterocycles. The van der Waals surface area contributed by atoms with Gasteiger partial charge in [0.15, 0.2) is 17.3 Å². The van der Waals surface area contributed by atoms with E-state index in [-0.39, 0.29) is 35.4 Å². The van der Waals surface area contributed by atoms with Crippen LogP contribution in [0.1, 0.15) is 47.7 Å². The van der Waals surface area contributed by atoms with Crippen LogP contribution in [0.5, 0.6) is 23.0 Å². The molecule has 1 aliphatic carbocycles. The highest BCUT2D eigenvalue weighted by molar-refractivity contribution is 6.01. The molecule has 0 radical (unpaired) electrons. The first-order valence-corrected chi connectivity index (χ1v) is 8.47. The molecule has 0 aromatic heterocycles. The molecule has 5 nitrogen and oxygen atoms in total. The van der Waals surface area contributed by atoms with Crippen molar-refractivity contribution in [2.45, 2.75) is 44.8 Å². The number of ether oxygens (including phenoxy) is 2. The van der Waals surface area contributed by atoms with E-state index in [9.17, 15) is 15.0 Å². The largest absolute Gasteiger partial charge is 0.508 e. The van der Waals surface area contributed by atoms with E-state index in [1.165, 1.54) is 6.07 Å². The van der Waals surface area contributed by atoms with Crippen LogP contribution in [-0.4, -0.2) is 28.2 Å². The van der Waals surface area contributed by atoms with Crippen molar-refractivity contribution < 1.29 is 24.5 Å². The van der Waals surface area contributed by atoms with Gasteiger partial charge in [-0.05, 0) is 55.5 Å². The van der Waals surface area contributed by atoms with E-state index in [4.69, 9.17) is 9.47 Å². The Morgan fingerprint density at radius 2 is 1.68 bits per heavy atom. The number of Topliss-reactive ketones (excluding diaryl/α,β-unsaturated/α-hetero) is 1. The molecule has 4 rings (SSSR count). The van der Waals surface area contributed by atoms with E-state index in [0.717, 1.165) is 5.56 Å². The van der Waals surface area contributed by atoms with Gasteiger partial charge in [0.25, 0.3) is 0 Å². The summed E-state index contributed by atoms with van der Waals surface area (Å²) < 4.78 is 11.8. The second-order valence-electron chi connectivity index (χ2n) is 6.88. The number of aromatic hydroxyl groups is 2. The highest BCUT2D eigenvalue weighted by Gasteiger charge is 2.31. The van der Waals surface area contributed by atoms with Gasteiger partial charge in [-0.3, -0.25) is 4.79 Å². The number of fused-ring (bicyclic) bond motifs is 2. The lowest BCUT2D eigenvalue weighted by Crippen LogP contribution is -2.35. The van der Waals surface area contributed by atoms with Gasteiger partial charge in [0.1, 0.15) is 23.7 Å². The monoisotopic (exact) mass is 340 g/mol. The first-order valence-electron chi connectivity index (χ1n) is 8.47. The molecule has 2 N–H and O–H groups in total. The van der Waals surface area contributed by atoms with Gasteiger partial charge in [-0.15, -0.1) is 0 Å². The molecule has 2 aliphatic rings. The Bertz CT molecular complexity index is 857. The van der Waals surface area contributed by atoms with E-state index < -0.39 is 0 Å². The Balaban J connectivity index is 1.68. The van der Waals surface area contributed by atoms with E-state index >= 15 is 0 Å². The van der Waals surface area contributed by atoms with E-state index in [1.807, 2.05) is 32.0 Å². The second-order valence-corrected chi connectivity index (χ2v) is 6.88. The van der Waals surface area contributed by atoms with Crippen molar-refractivity contribution in [2.24, 2.45) is 0 Å². The van der Waals surface area contributed by atoms with Gasteiger partial charge >= 0.3 is 0 Å². The highest BCUT2D eigenvalue weighted by atomic mass is 16.6. The molecule has 0 amide bonds. The van der Waals surface area contributed by atoms with Gasteiger partial charge in [0, 0.05) is 12.5 Å². The zero-order valence-electron chi connectivity index (χ0n) is 14.2. The molecule has 2 unspecified atom stereocenters. The van der Waals surface area contributed by atoms with Crippen LogP contribution in [0.15, 0.2) is 30.3 Å². The van der Waals surface area contributed by atoms with Crippen molar-refractivity contribution in [2.75, 3.05) is 0 Å². The quantitative estimate of drug-likeness (QED) is 0.830. The van der Waals surface area contributed by atoms with Crippen LogP contribution in [0.2, 0.25) is 0 Å². The van der Waals surface area contributed by atoms with Crippen molar-refractivity contribution >= 4 is 5.78 Å². The maximum atomic E-state index is 12.5. The molecule has 2 aromatic carbocycles. The summed E-state index contributed by atoms with van der Waals surface area (Å²) in [4.78, 5) is 12.5. The molecule has 2 aromatic rings. The number of hydrogen-bond donors (Lipinski definition) is 2. The van der Waals surface area contributed by atoms with Crippen molar-refractivity contribution in [1.29, 1.82) is 0 Å². The molecule has 0 saturated heterocycles. The van der Waals surface area contributed by atoms with E-state index in [1.54, 1.807) is 6.07 Å². The molecule has 0 spiro atoms. The number of phenolic OH excluding ortho intramolecular Hbond substituents is 2. The van der Waals surface area contributed by atoms with E-state index in [2.05, 4.69) is 0 Å². The smallest absolute Gasteiger partial charge is 0.167 e. The average molecular weight is 340 g/mol. The van der Waals surface area contributed by atoms with Crippen LogP contribution in [0, 0.1) is 0 Å². The van der Waals surface area contributed by atoms with Crippen molar-refractivity contribution in [3.8, 4) is 23.0 Å². The minimum Gasteiger partial charge on any atom is -0.508 e. The number of ketones is 1. The molecule has 25 heavy (non-hydrogen) atoms. The Kier molecular flexibility index (Phi) is 3.60. The zero-order chi connectivity index (χ0) is 17.7. The Morgan fingerprint density at radius 1 is 0.960 bits per heavy atom. The van der Waals surface area contributed by atoms with Gasteiger partial charge in [-0.25, -0.2) is 0 Å². The predicted molar refractivity (Wildman–Crippen MR) is 91.8 cm³/mol. The van der Waals surface area contributed by atoms with Gasteiger partial charge in [-0.2, -0.15) is 0 Å². The normalized spacial score (nSPS) is 24.7. The maximum Gasteiger partial charge on any atom is 0.167 e. The fourth-order valence-corrected chi connectivity index (χ4v) is 3.61. The molecule has 0 bridgehead atoms. The number of hydrogen-bond acceptors (Lipinski definition) is 5.